The Hall–Kier alpha value is -0.900. The zero-order valence-corrected chi connectivity index (χ0v) is 13.2. The number of hydrogen-bond acceptors (Lipinski definition) is 3. The summed E-state index contributed by atoms with van der Waals surface area (Å²) in [6, 6.07) is 9.24. The molecule has 1 aromatic rings. The molecular weight excluding hydrogens is 260 g/mol. The van der Waals surface area contributed by atoms with Crippen LogP contribution in [0.4, 0.5) is 0 Å². The summed E-state index contributed by atoms with van der Waals surface area (Å²) in [6.07, 6.45) is 4.15. The van der Waals surface area contributed by atoms with E-state index in [4.69, 9.17) is 0 Å². The Balaban J connectivity index is 1.54. The van der Waals surface area contributed by atoms with Crippen LogP contribution in [-0.4, -0.2) is 54.2 Å². The molecule has 0 atom stereocenters. The molecule has 0 radical (unpaired) electrons. The predicted octanol–water partition coefficient (Wildman–Crippen LogP) is 2.45. The molecule has 3 heteroatoms. The van der Waals surface area contributed by atoms with Crippen LogP contribution in [-0.2, 0) is 6.54 Å². The molecule has 1 aromatic carbocycles. The molecule has 0 bridgehead atoms. The zero-order valence-electron chi connectivity index (χ0n) is 13.2. The molecule has 2 fully saturated rings. The van der Waals surface area contributed by atoms with Gasteiger partial charge in [-0.2, -0.15) is 0 Å². The first-order chi connectivity index (χ1) is 10.2. The largest absolute Gasteiger partial charge is 0.393 e. The lowest BCUT2D eigenvalue weighted by atomic mass is 9.82. The van der Waals surface area contributed by atoms with E-state index in [1.54, 1.807) is 0 Å². The highest BCUT2D eigenvalue weighted by molar-refractivity contribution is 5.26. The first kappa shape index (κ1) is 15.0. The second-order valence-corrected chi connectivity index (χ2v) is 6.83. The van der Waals surface area contributed by atoms with E-state index in [1.165, 1.54) is 37.3 Å². The van der Waals surface area contributed by atoms with Gasteiger partial charge in [0, 0.05) is 32.7 Å². The summed E-state index contributed by atoms with van der Waals surface area (Å²) in [5.74, 6) is 0.658. The Morgan fingerprint density at radius 3 is 2.19 bits per heavy atom. The molecule has 3 nitrogen and oxygen atoms in total. The monoisotopic (exact) mass is 288 g/mol. The number of nitrogens with zero attached hydrogens (tertiary/aromatic N) is 2. The summed E-state index contributed by atoms with van der Waals surface area (Å²) >= 11 is 0. The van der Waals surface area contributed by atoms with Gasteiger partial charge in [0.2, 0.25) is 0 Å². The molecule has 1 heterocycles. The van der Waals surface area contributed by atoms with E-state index < -0.39 is 0 Å². The van der Waals surface area contributed by atoms with Crippen molar-refractivity contribution in [2.24, 2.45) is 0 Å². The fourth-order valence-electron chi connectivity index (χ4n) is 3.57. The van der Waals surface area contributed by atoms with E-state index in [0.29, 0.717) is 5.92 Å². The number of aliphatic hydroxyl groups is 1. The van der Waals surface area contributed by atoms with Gasteiger partial charge >= 0.3 is 0 Å². The van der Waals surface area contributed by atoms with Crippen LogP contribution in [0.5, 0.6) is 0 Å². The first-order valence-electron chi connectivity index (χ1n) is 8.38. The summed E-state index contributed by atoms with van der Waals surface area (Å²) in [5, 5.41) is 9.61. The van der Waals surface area contributed by atoms with Gasteiger partial charge in [-0.15, -0.1) is 0 Å². The number of aliphatic hydroxyl groups excluding tert-OH is 1. The number of likely N-dealkylation sites (N-methyl/N-ethyl adjacent to an activating group) is 1. The van der Waals surface area contributed by atoms with E-state index in [1.807, 2.05) is 0 Å². The van der Waals surface area contributed by atoms with Gasteiger partial charge in [0.25, 0.3) is 0 Å². The lowest BCUT2D eigenvalue weighted by Crippen LogP contribution is -2.43. The normalized spacial score (nSPS) is 28.7. The van der Waals surface area contributed by atoms with E-state index in [9.17, 15) is 5.11 Å². The van der Waals surface area contributed by atoms with Gasteiger partial charge in [-0.25, -0.2) is 0 Å². The Kier molecular flexibility index (Phi) is 4.94. The number of rotatable bonds is 3. The van der Waals surface area contributed by atoms with Crippen molar-refractivity contribution in [1.29, 1.82) is 0 Å². The maximum Gasteiger partial charge on any atom is 0.0540 e. The van der Waals surface area contributed by atoms with Crippen molar-refractivity contribution in [3.8, 4) is 0 Å². The lowest BCUT2D eigenvalue weighted by molar-refractivity contribution is 0.122. The van der Waals surface area contributed by atoms with E-state index >= 15 is 0 Å². The van der Waals surface area contributed by atoms with Crippen LogP contribution in [0.15, 0.2) is 24.3 Å². The molecule has 1 aliphatic carbocycles. The van der Waals surface area contributed by atoms with Crippen molar-refractivity contribution in [1.82, 2.24) is 9.80 Å². The maximum atomic E-state index is 9.61. The fraction of sp³-hybridized carbons (Fsp3) is 0.667. The van der Waals surface area contributed by atoms with Gasteiger partial charge in [-0.3, -0.25) is 4.90 Å². The summed E-state index contributed by atoms with van der Waals surface area (Å²) in [7, 11) is 2.20. The molecule has 21 heavy (non-hydrogen) atoms. The van der Waals surface area contributed by atoms with Crippen molar-refractivity contribution >= 4 is 0 Å². The van der Waals surface area contributed by atoms with Crippen molar-refractivity contribution in [2.75, 3.05) is 33.2 Å². The molecule has 1 saturated carbocycles. The third-order valence-electron chi connectivity index (χ3n) is 5.15. The van der Waals surface area contributed by atoms with Gasteiger partial charge < -0.3 is 10.0 Å². The topological polar surface area (TPSA) is 26.7 Å². The minimum absolute atomic E-state index is 0.0576. The third kappa shape index (κ3) is 4.06. The highest BCUT2D eigenvalue weighted by Crippen LogP contribution is 2.32. The second kappa shape index (κ2) is 6.91. The molecule has 3 rings (SSSR count). The molecule has 0 spiro atoms. The fourth-order valence-corrected chi connectivity index (χ4v) is 3.57. The van der Waals surface area contributed by atoms with Crippen molar-refractivity contribution in [3.05, 3.63) is 35.4 Å². The predicted molar refractivity (Wildman–Crippen MR) is 86.4 cm³/mol. The second-order valence-electron chi connectivity index (χ2n) is 6.83. The van der Waals surface area contributed by atoms with Gasteiger partial charge in [0.05, 0.1) is 6.10 Å². The van der Waals surface area contributed by atoms with Gasteiger partial charge in [0.15, 0.2) is 0 Å². The SMILES string of the molecule is CN1CCN(Cc2ccc(C3CCC(O)CC3)cc2)CC1. The smallest absolute Gasteiger partial charge is 0.0540 e. The first-order valence-corrected chi connectivity index (χ1v) is 8.38. The molecular formula is C18H28N2O. The summed E-state index contributed by atoms with van der Waals surface area (Å²) in [4.78, 5) is 4.95. The van der Waals surface area contributed by atoms with Crippen LogP contribution in [0, 0.1) is 0 Å². The Bertz CT molecular complexity index is 429. The number of hydrogen-bond donors (Lipinski definition) is 1. The van der Waals surface area contributed by atoms with Crippen LogP contribution in [0.25, 0.3) is 0 Å². The van der Waals surface area contributed by atoms with Gasteiger partial charge in [-0.1, -0.05) is 24.3 Å². The number of piperazine rings is 1. The third-order valence-corrected chi connectivity index (χ3v) is 5.15. The molecule has 0 aromatic heterocycles. The number of benzene rings is 1. The summed E-state index contributed by atoms with van der Waals surface area (Å²) in [5.41, 5.74) is 2.89. The quantitative estimate of drug-likeness (QED) is 0.925. The average molecular weight is 288 g/mol. The van der Waals surface area contributed by atoms with Crippen molar-refractivity contribution in [2.45, 2.75) is 44.2 Å². The standard InChI is InChI=1S/C18H28N2O/c1-19-10-12-20(13-11-19)14-15-2-4-16(5-3-15)17-6-8-18(21)9-7-17/h2-5,17-18,21H,6-14H2,1H3. The minimum Gasteiger partial charge on any atom is -0.393 e. The van der Waals surface area contributed by atoms with Crippen LogP contribution in [0.2, 0.25) is 0 Å². The van der Waals surface area contributed by atoms with Crippen molar-refractivity contribution in [3.63, 3.8) is 0 Å². The highest BCUT2D eigenvalue weighted by atomic mass is 16.3. The van der Waals surface area contributed by atoms with Crippen LogP contribution in [0.1, 0.15) is 42.7 Å². The summed E-state index contributed by atoms with van der Waals surface area (Å²) < 4.78 is 0. The van der Waals surface area contributed by atoms with Crippen LogP contribution in [0.3, 0.4) is 0 Å². The Labute approximate surface area is 128 Å². The van der Waals surface area contributed by atoms with E-state index in [2.05, 4.69) is 41.1 Å². The summed E-state index contributed by atoms with van der Waals surface area (Å²) in [6.45, 7) is 5.81. The van der Waals surface area contributed by atoms with Gasteiger partial charge in [0.1, 0.15) is 0 Å². The van der Waals surface area contributed by atoms with Crippen molar-refractivity contribution < 1.29 is 5.11 Å². The molecule has 1 saturated heterocycles. The van der Waals surface area contributed by atoms with E-state index in [0.717, 1.165) is 32.2 Å². The lowest BCUT2D eigenvalue weighted by Gasteiger charge is -2.32. The molecule has 1 aliphatic heterocycles. The molecule has 116 valence electrons. The van der Waals surface area contributed by atoms with Gasteiger partial charge in [-0.05, 0) is 49.8 Å². The highest BCUT2D eigenvalue weighted by Gasteiger charge is 2.20. The molecule has 0 amide bonds. The minimum atomic E-state index is -0.0576. The average Bonchev–Trinajstić information content (AvgIpc) is 2.51. The Morgan fingerprint density at radius 2 is 1.57 bits per heavy atom. The zero-order chi connectivity index (χ0) is 14.7. The van der Waals surface area contributed by atoms with E-state index in [-0.39, 0.29) is 6.10 Å². The van der Waals surface area contributed by atoms with Crippen LogP contribution >= 0.6 is 0 Å². The molecule has 2 aliphatic rings. The molecule has 0 unspecified atom stereocenters. The molecule has 1 N–H and O–H groups in total. The maximum absolute atomic E-state index is 9.61. The Morgan fingerprint density at radius 1 is 0.952 bits per heavy atom. The van der Waals surface area contributed by atoms with Crippen LogP contribution < -0.4 is 0 Å².